The molecule has 0 aliphatic rings. The molecule has 0 bridgehead atoms. The van der Waals surface area contributed by atoms with E-state index < -0.39 is 6.36 Å². The number of unbranched alkanes of at least 4 members (excludes halogenated alkanes) is 1. The van der Waals surface area contributed by atoms with E-state index in [1.807, 2.05) is 24.3 Å². The average Bonchev–Trinajstić information content (AvgIpc) is 2.50. The number of halogens is 3. The quantitative estimate of drug-likeness (QED) is 0.436. The van der Waals surface area contributed by atoms with Crippen molar-refractivity contribution < 1.29 is 22.6 Å². The van der Waals surface area contributed by atoms with Gasteiger partial charge in [-0.25, -0.2) is 0 Å². The first-order valence-corrected chi connectivity index (χ1v) is 8.21. The first kappa shape index (κ1) is 17.5. The van der Waals surface area contributed by atoms with Crippen LogP contribution in [0.5, 0.6) is 17.2 Å². The molecule has 0 fully saturated rings. The molecule has 0 unspecified atom stereocenters. The van der Waals surface area contributed by atoms with Crippen molar-refractivity contribution in [1.82, 2.24) is 0 Å². The van der Waals surface area contributed by atoms with Gasteiger partial charge in [-0.3, -0.25) is 0 Å². The van der Waals surface area contributed by atoms with Crippen LogP contribution in [-0.2, 0) is 0 Å². The standard InChI is InChI=1S/C17H17F3O2S/c1-2-3-12-23-16-10-8-14(9-11-16)21-13-4-6-15(7-5-13)22-17(18,19)20/h4-11H,2-3,12H2,1H3. The van der Waals surface area contributed by atoms with Crippen LogP contribution in [0.1, 0.15) is 19.8 Å². The van der Waals surface area contributed by atoms with Crippen LogP contribution < -0.4 is 9.47 Å². The summed E-state index contributed by atoms with van der Waals surface area (Å²) in [4.78, 5) is 1.17. The summed E-state index contributed by atoms with van der Waals surface area (Å²) in [6.45, 7) is 2.16. The van der Waals surface area contributed by atoms with Crippen LogP contribution in [-0.4, -0.2) is 12.1 Å². The molecule has 0 aliphatic carbocycles. The molecular weight excluding hydrogens is 325 g/mol. The zero-order valence-corrected chi connectivity index (χ0v) is 13.4. The Labute approximate surface area is 137 Å². The van der Waals surface area contributed by atoms with Crippen molar-refractivity contribution in [3.63, 3.8) is 0 Å². The van der Waals surface area contributed by atoms with Crippen molar-refractivity contribution in [2.45, 2.75) is 31.0 Å². The summed E-state index contributed by atoms with van der Waals surface area (Å²) in [6, 6.07) is 12.9. The first-order chi connectivity index (χ1) is 11.0. The van der Waals surface area contributed by atoms with Crippen molar-refractivity contribution in [2.75, 3.05) is 5.75 Å². The molecule has 23 heavy (non-hydrogen) atoms. The molecule has 0 atom stereocenters. The second kappa shape index (κ2) is 8.15. The van der Waals surface area contributed by atoms with Gasteiger partial charge >= 0.3 is 6.36 Å². The Balaban J connectivity index is 1.91. The number of ether oxygens (including phenoxy) is 2. The Morgan fingerprint density at radius 1 is 0.870 bits per heavy atom. The summed E-state index contributed by atoms with van der Waals surface area (Å²) in [5, 5.41) is 0. The maximum atomic E-state index is 12.1. The third-order valence-corrected chi connectivity index (χ3v) is 3.98. The molecule has 0 heterocycles. The van der Waals surface area contributed by atoms with E-state index in [9.17, 15) is 13.2 Å². The third-order valence-electron chi connectivity index (χ3n) is 2.88. The molecule has 0 N–H and O–H groups in total. The summed E-state index contributed by atoms with van der Waals surface area (Å²) >= 11 is 1.79. The second-order valence-corrected chi connectivity index (χ2v) is 5.96. The maximum absolute atomic E-state index is 12.1. The van der Waals surface area contributed by atoms with Gasteiger partial charge < -0.3 is 9.47 Å². The van der Waals surface area contributed by atoms with Gasteiger partial charge in [-0.1, -0.05) is 13.3 Å². The van der Waals surface area contributed by atoms with E-state index in [1.54, 1.807) is 11.8 Å². The smallest absolute Gasteiger partial charge is 0.457 e. The van der Waals surface area contributed by atoms with E-state index in [0.29, 0.717) is 11.5 Å². The zero-order chi connectivity index (χ0) is 16.7. The first-order valence-electron chi connectivity index (χ1n) is 7.23. The average molecular weight is 342 g/mol. The van der Waals surface area contributed by atoms with Gasteiger partial charge in [-0.15, -0.1) is 24.9 Å². The van der Waals surface area contributed by atoms with Crippen molar-refractivity contribution in [2.24, 2.45) is 0 Å². The van der Waals surface area contributed by atoms with Crippen LogP contribution in [0.25, 0.3) is 0 Å². The van der Waals surface area contributed by atoms with Gasteiger partial charge in [0.05, 0.1) is 0 Å². The van der Waals surface area contributed by atoms with E-state index in [0.717, 1.165) is 5.75 Å². The highest BCUT2D eigenvalue weighted by atomic mass is 32.2. The van der Waals surface area contributed by atoms with Crippen molar-refractivity contribution in [3.8, 4) is 17.2 Å². The Bertz CT molecular complexity index is 595. The third kappa shape index (κ3) is 6.44. The largest absolute Gasteiger partial charge is 0.573 e. The predicted octanol–water partition coefficient (Wildman–Crippen LogP) is 6.27. The minimum Gasteiger partial charge on any atom is -0.457 e. The molecule has 2 aromatic rings. The summed E-state index contributed by atoms with van der Waals surface area (Å²) in [6.07, 6.45) is -2.34. The van der Waals surface area contributed by atoms with Crippen LogP contribution in [0.2, 0.25) is 0 Å². The Hall–Kier alpha value is -1.82. The van der Waals surface area contributed by atoms with E-state index in [2.05, 4.69) is 11.7 Å². The Kier molecular flexibility index (Phi) is 6.21. The molecule has 124 valence electrons. The van der Waals surface area contributed by atoms with Gasteiger partial charge in [0.1, 0.15) is 17.2 Å². The highest BCUT2D eigenvalue weighted by Gasteiger charge is 2.30. The fraction of sp³-hybridized carbons (Fsp3) is 0.294. The van der Waals surface area contributed by atoms with Crippen LogP contribution in [0.4, 0.5) is 13.2 Å². The second-order valence-electron chi connectivity index (χ2n) is 4.79. The maximum Gasteiger partial charge on any atom is 0.573 e. The fourth-order valence-corrected chi connectivity index (χ4v) is 2.78. The van der Waals surface area contributed by atoms with Crippen LogP contribution >= 0.6 is 11.8 Å². The van der Waals surface area contributed by atoms with Gasteiger partial charge in [0.2, 0.25) is 0 Å². The van der Waals surface area contributed by atoms with Gasteiger partial charge in [0.25, 0.3) is 0 Å². The number of hydrogen-bond acceptors (Lipinski definition) is 3. The molecule has 0 saturated heterocycles. The lowest BCUT2D eigenvalue weighted by atomic mass is 10.3. The highest BCUT2D eigenvalue weighted by Crippen LogP contribution is 2.28. The summed E-state index contributed by atoms with van der Waals surface area (Å²) < 4.78 is 45.7. The molecule has 2 rings (SSSR count). The molecule has 0 amide bonds. The number of rotatable bonds is 7. The van der Waals surface area contributed by atoms with Gasteiger partial charge in [-0.2, -0.15) is 0 Å². The molecular formula is C17H17F3O2S. The predicted molar refractivity (Wildman–Crippen MR) is 85.3 cm³/mol. The lowest BCUT2D eigenvalue weighted by Gasteiger charge is -2.10. The number of hydrogen-bond donors (Lipinski definition) is 0. The van der Waals surface area contributed by atoms with Crippen LogP contribution in [0.3, 0.4) is 0 Å². The number of benzene rings is 2. The lowest BCUT2D eigenvalue weighted by molar-refractivity contribution is -0.274. The van der Waals surface area contributed by atoms with Crippen molar-refractivity contribution in [3.05, 3.63) is 48.5 Å². The minimum absolute atomic E-state index is 0.271. The molecule has 0 aromatic heterocycles. The van der Waals surface area contributed by atoms with Crippen LogP contribution in [0, 0.1) is 0 Å². The molecule has 0 spiro atoms. The summed E-state index contributed by atoms with van der Waals surface area (Å²) in [5.74, 6) is 1.89. The monoisotopic (exact) mass is 342 g/mol. The van der Waals surface area contributed by atoms with E-state index >= 15 is 0 Å². The van der Waals surface area contributed by atoms with Crippen LogP contribution in [0.15, 0.2) is 53.4 Å². The normalized spacial score (nSPS) is 11.3. The minimum atomic E-state index is -4.69. The lowest BCUT2D eigenvalue weighted by Crippen LogP contribution is -2.16. The van der Waals surface area contributed by atoms with E-state index in [4.69, 9.17) is 4.74 Å². The Morgan fingerprint density at radius 2 is 1.39 bits per heavy atom. The van der Waals surface area contributed by atoms with Gasteiger partial charge in [0.15, 0.2) is 0 Å². The number of thioether (sulfide) groups is 1. The molecule has 0 radical (unpaired) electrons. The number of alkyl halides is 3. The topological polar surface area (TPSA) is 18.5 Å². The molecule has 2 aromatic carbocycles. The SMILES string of the molecule is CCCCSc1ccc(Oc2ccc(OC(F)(F)F)cc2)cc1. The summed E-state index contributed by atoms with van der Waals surface area (Å²) in [5.41, 5.74) is 0. The molecule has 2 nitrogen and oxygen atoms in total. The van der Waals surface area contributed by atoms with E-state index in [1.165, 1.54) is 42.0 Å². The van der Waals surface area contributed by atoms with Gasteiger partial charge in [0, 0.05) is 4.90 Å². The highest BCUT2D eigenvalue weighted by molar-refractivity contribution is 7.99. The zero-order valence-electron chi connectivity index (χ0n) is 12.6. The fourth-order valence-electron chi connectivity index (χ4n) is 1.78. The molecule has 6 heteroatoms. The van der Waals surface area contributed by atoms with E-state index in [-0.39, 0.29) is 5.75 Å². The summed E-state index contributed by atoms with van der Waals surface area (Å²) in [7, 11) is 0. The Morgan fingerprint density at radius 3 is 1.91 bits per heavy atom. The van der Waals surface area contributed by atoms with Crippen molar-refractivity contribution >= 4 is 11.8 Å². The van der Waals surface area contributed by atoms with Crippen molar-refractivity contribution in [1.29, 1.82) is 0 Å². The van der Waals surface area contributed by atoms with Gasteiger partial charge in [-0.05, 0) is 60.7 Å². The molecule has 0 saturated carbocycles. The molecule has 0 aliphatic heterocycles.